The summed E-state index contributed by atoms with van der Waals surface area (Å²) in [6, 6.07) is 3.51. The molecule has 1 atom stereocenters. The third kappa shape index (κ3) is 4.27. The van der Waals surface area contributed by atoms with Crippen LogP contribution in [0.1, 0.15) is 30.5 Å². The normalized spacial score (nSPS) is 16.9. The van der Waals surface area contributed by atoms with Gasteiger partial charge in [-0.1, -0.05) is 0 Å². The van der Waals surface area contributed by atoms with Gasteiger partial charge in [0.2, 0.25) is 0 Å². The molecular weight excluding hydrogens is 342 g/mol. The molecule has 2 aromatic rings. The zero-order valence-corrected chi connectivity index (χ0v) is 14.8. The van der Waals surface area contributed by atoms with Gasteiger partial charge < -0.3 is 15.4 Å². The molecule has 1 aliphatic heterocycles. The zero-order valence-electron chi connectivity index (χ0n) is 14.8. The van der Waals surface area contributed by atoms with E-state index in [2.05, 4.69) is 25.7 Å². The fourth-order valence-corrected chi connectivity index (χ4v) is 2.87. The molecule has 0 aliphatic carbocycles. The topological polar surface area (TPSA) is 76.4 Å². The number of guanidine groups is 1. The summed E-state index contributed by atoms with van der Waals surface area (Å²) in [6.45, 7) is 3.50. The third-order valence-corrected chi connectivity index (χ3v) is 4.07. The van der Waals surface area contributed by atoms with Crippen molar-refractivity contribution in [3.8, 4) is 5.75 Å². The van der Waals surface area contributed by atoms with Gasteiger partial charge in [-0.3, -0.25) is 4.99 Å². The minimum atomic E-state index is -0.926. The fourth-order valence-electron chi connectivity index (χ4n) is 2.87. The Labute approximate surface area is 150 Å². The van der Waals surface area contributed by atoms with Crippen LogP contribution in [0, 0.1) is 18.6 Å². The summed E-state index contributed by atoms with van der Waals surface area (Å²) in [4.78, 5) is 8.69. The summed E-state index contributed by atoms with van der Waals surface area (Å²) in [7, 11) is 1.68. The van der Waals surface area contributed by atoms with Gasteiger partial charge in [0.25, 0.3) is 0 Å². The molecule has 3 rings (SSSR count). The third-order valence-electron chi connectivity index (χ3n) is 4.07. The molecule has 1 unspecified atom stereocenters. The van der Waals surface area contributed by atoms with E-state index in [-0.39, 0.29) is 18.4 Å². The molecule has 2 N–H and O–H groups in total. The molecule has 1 aromatic carbocycles. The summed E-state index contributed by atoms with van der Waals surface area (Å²) in [6.07, 6.45) is 1.97. The van der Waals surface area contributed by atoms with Crippen LogP contribution in [-0.4, -0.2) is 40.9 Å². The monoisotopic (exact) mass is 364 g/mol. The van der Waals surface area contributed by atoms with Gasteiger partial charge in [0.05, 0.1) is 12.6 Å². The minimum absolute atomic E-state index is 0.0447. The van der Waals surface area contributed by atoms with Crippen molar-refractivity contribution in [1.82, 2.24) is 25.4 Å². The number of aliphatic imine (C=N–C) groups is 1. The molecule has 0 saturated carbocycles. The summed E-state index contributed by atoms with van der Waals surface area (Å²) >= 11 is 0. The molecule has 9 heteroatoms. The van der Waals surface area contributed by atoms with Gasteiger partial charge in [0.15, 0.2) is 17.6 Å². The molecule has 1 aliphatic rings. The molecule has 0 radical (unpaired) electrons. The lowest BCUT2D eigenvalue weighted by Gasteiger charge is -2.25. The van der Waals surface area contributed by atoms with Crippen LogP contribution >= 0.6 is 0 Å². The number of halogens is 2. The maximum atomic E-state index is 13.1. The molecule has 7 nitrogen and oxygen atoms in total. The highest BCUT2D eigenvalue weighted by molar-refractivity contribution is 5.80. The minimum Gasteiger partial charge on any atom is -0.492 e. The molecule has 0 amide bonds. The van der Waals surface area contributed by atoms with Crippen molar-refractivity contribution in [3.63, 3.8) is 0 Å². The summed E-state index contributed by atoms with van der Waals surface area (Å²) in [5, 5.41) is 10.9. The second-order valence-corrected chi connectivity index (χ2v) is 6.00. The van der Waals surface area contributed by atoms with E-state index in [4.69, 9.17) is 4.74 Å². The van der Waals surface area contributed by atoms with E-state index >= 15 is 0 Å². The van der Waals surface area contributed by atoms with E-state index in [1.807, 2.05) is 11.6 Å². The number of hydrogen-bond acceptors (Lipinski definition) is 4. The average Bonchev–Trinajstić information content (AvgIpc) is 3.01. The van der Waals surface area contributed by atoms with Gasteiger partial charge in [-0.2, -0.15) is 5.10 Å². The predicted molar refractivity (Wildman–Crippen MR) is 93.1 cm³/mol. The molecule has 0 fully saturated rings. The van der Waals surface area contributed by atoms with E-state index in [0.717, 1.165) is 43.2 Å². The lowest BCUT2D eigenvalue weighted by molar-refractivity contribution is 0.318. The van der Waals surface area contributed by atoms with Gasteiger partial charge in [-0.15, -0.1) is 0 Å². The quantitative estimate of drug-likeness (QED) is 0.482. The van der Waals surface area contributed by atoms with Gasteiger partial charge >= 0.3 is 0 Å². The number of ether oxygens (including phenoxy) is 1. The van der Waals surface area contributed by atoms with E-state index in [9.17, 15) is 8.78 Å². The Bertz CT molecular complexity index is 792. The smallest absolute Gasteiger partial charge is 0.191 e. The molecule has 2 heterocycles. The number of nitrogens with one attached hydrogen (secondary N) is 2. The molecular formula is C17H22F2N6O. The van der Waals surface area contributed by atoms with Crippen molar-refractivity contribution in [3.05, 3.63) is 41.5 Å². The standard InChI is InChI=1S/C17H22F2N6O/c1-11-22-16-15(4-3-8-25(16)24-11)23-17(20-2)21-7-9-26-12-5-6-13(18)14(19)10-12/h5-6,10,15H,3-4,7-9H2,1-2H3,(H2,20,21,23). The number of aromatic nitrogens is 3. The number of benzene rings is 1. The second-order valence-electron chi connectivity index (χ2n) is 6.00. The Morgan fingerprint density at radius 2 is 2.23 bits per heavy atom. The summed E-state index contributed by atoms with van der Waals surface area (Å²) < 4.78 is 33.4. The first kappa shape index (κ1) is 18.1. The van der Waals surface area contributed by atoms with Crippen LogP contribution < -0.4 is 15.4 Å². The van der Waals surface area contributed by atoms with Crippen LogP contribution in [0.25, 0.3) is 0 Å². The first-order valence-corrected chi connectivity index (χ1v) is 8.53. The Balaban J connectivity index is 1.49. The number of fused-ring (bicyclic) bond motifs is 1. The number of aryl methyl sites for hydroxylation is 2. The van der Waals surface area contributed by atoms with Gasteiger partial charge in [-0.25, -0.2) is 18.4 Å². The van der Waals surface area contributed by atoms with Crippen molar-refractivity contribution < 1.29 is 13.5 Å². The number of nitrogens with zero attached hydrogens (tertiary/aromatic N) is 4. The lowest BCUT2D eigenvalue weighted by Crippen LogP contribution is -2.42. The summed E-state index contributed by atoms with van der Waals surface area (Å²) in [5.41, 5.74) is 0. The average molecular weight is 364 g/mol. The van der Waals surface area contributed by atoms with E-state index in [1.165, 1.54) is 6.07 Å². The van der Waals surface area contributed by atoms with Crippen LogP contribution in [0.4, 0.5) is 8.78 Å². The van der Waals surface area contributed by atoms with Crippen molar-refractivity contribution >= 4 is 5.96 Å². The summed E-state index contributed by atoms with van der Waals surface area (Å²) in [5.74, 6) is 0.758. The molecule has 0 spiro atoms. The molecule has 1 aromatic heterocycles. The van der Waals surface area contributed by atoms with Crippen LogP contribution in [0.15, 0.2) is 23.2 Å². The molecule has 0 saturated heterocycles. The first-order chi connectivity index (χ1) is 12.6. The Kier molecular flexibility index (Phi) is 5.65. The van der Waals surface area contributed by atoms with Crippen LogP contribution in [0.3, 0.4) is 0 Å². The van der Waals surface area contributed by atoms with E-state index in [1.54, 1.807) is 7.05 Å². The largest absolute Gasteiger partial charge is 0.492 e. The highest BCUT2D eigenvalue weighted by atomic mass is 19.2. The number of rotatable bonds is 5. The van der Waals surface area contributed by atoms with Crippen LogP contribution in [-0.2, 0) is 6.54 Å². The van der Waals surface area contributed by atoms with Crippen molar-refractivity contribution in [2.75, 3.05) is 20.2 Å². The first-order valence-electron chi connectivity index (χ1n) is 8.53. The number of hydrogen-bond donors (Lipinski definition) is 2. The lowest BCUT2D eigenvalue weighted by atomic mass is 10.1. The molecule has 0 bridgehead atoms. The van der Waals surface area contributed by atoms with E-state index in [0.29, 0.717) is 12.5 Å². The van der Waals surface area contributed by atoms with Gasteiger partial charge in [0.1, 0.15) is 24.0 Å². The Morgan fingerprint density at radius 1 is 1.38 bits per heavy atom. The van der Waals surface area contributed by atoms with Crippen LogP contribution in [0.2, 0.25) is 0 Å². The maximum Gasteiger partial charge on any atom is 0.191 e. The van der Waals surface area contributed by atoms with Crippen molar-refractivity contribution in [2.45, 2.75) is 32.4 Å². The fraction of sp³-hybridized carbons (Fsp3) is 0.471. The highest BCUT2D eigenvalue weighted by Gasteiger charge is 2.24. The van der Waals surface area contributed by atoms with Gasteiger partial charge in [0, 0.05) is 19.7 Å². The maximum absolute atomic E-state index is 13.1. The van der Waals surface area contributed by atoms with Crippen molar-refractivity contribution in [1.29, 1.82) is 0 Å². The van der Waals surface area contributed by atoms with Crippen LogP contribution in [0.5, 0.6) is 5.75 Å². The van der Waals surface area contributed by atoms with Crippen molar-refractivity contribution in [2.24, 2.45) is 4.99 Å². The molecule has 26 heavy (non-hydrogen) atoms. The Morgan fingerprint density at radius 3 is 3.00 bits per heavy atom. The zero-order chi connectivity index (χ0) is 18.5. The second kappa shape index (κ2) is 8.11. The van der Waals surface area contributed by atoms with E-state index < -0.39 is 11.6 Å². The SMILES string of the molecule is CN=C(NCCOc1ccc(F)c(F)c1)NC1CCCn2nc(C)nc21. The highest BCUT2D eigenvalue weighted by Crippen LogP contribution is 2.22. The molecule has 140 valence electrons. The van der Waals surface area contributed by atoms with Gasteiger partial charge in [-0.05, 0) is 31.9 Å². The Hall–Kier alpha value is -2.71. The predicted octanol–water partition coefficient (Wildman–Crippen LogP) is 1.94.